The van der Waals surface area contributed by atoms with Gasteiger partial charge in [0.15, 0.2) is 0 Å². The van der Waals surface area contributed by atoms with Gasteiger partial charge in [0, 0.05) is 10.9 Å². The molecule has 1 aromatic heterocycles. The van der Waals surface area contributed by atoms with Crippen LogP contribution in [0.5, 0.6) is 0 Å². The van der Waals surface area contributed by atoms with Gasteiger partial charge in [-0.25, -0.2) is 4.98 Å². The number of nitrogens with one attached hydrogen (secondary N) is 1. The number of fused-ring (bicyclic) bond motifs is 1. The van der Waals surface area contributed by atoms with Crippen molar-refractivity contribution in [2.75, 3.05) is 0 Å². The number of aldehydes is 1. The van der Waals surface area contributed by atoms with E-state index in [4.69, 9.17) is 4.98 Å². The lowest BCUT2D eigenvalue weighted by atomic mass is 9.95. The molecule has 0 aliphatic carbocycles. The molecule has 0 radical (unpaired) electrons. The number of nitrogens with zero attached hydrogens (tertiary/aromatic N) is 1. The minimum atomic E-state index is -0.628. The lowest BCUT2D eigenvalue weighted by Gasteiger charge is -2.16. The van der Waals surface area contributed by atoms with Crippen LogP contribution >= 0.6 is 0 Å². The Morgan fingerprint density at radius 3 is 2.14 bits per heavy atom. The highest BCUT2D eigenvalue weighted by Gasteiger charge is 2.19. The van der Waals surface area contributed by atoms with E-state index < -0.39 is 6.04 Å². The van der Waals surface area contributed by atoms with Crippen LogP contribution in [-0.4, -0.2) is 23.2 Å². The highest BCUT2D eigenvalue weighted by atomic mass is 16.2. The lowest BCUT2D eigenvalue weighted by molar-refractivity contribution is -0.109. The van der Waals surface area contributed by atoms with Gasteiger partial charge in [0.05, 0.1) is 22.8 Å². The summed E-state index contributed by atoms with van der Waals surface area (Å²) >= 11 is 0. The van der Waals surface area contributed by atoms with Crippen LogP contribution in [0.2, 0.25) is 0 Å². The summed E-state index contributed by atoms with van der Waals surface area (Å²) in [7, 11) is 0. The Bertz CT molecular complexity index is 1480. The highest BCUT2D eigenvalue weighted by molar-refractivity contribution is 6.08. The van der Waals surface area contributed by atoms with E-state index in [0.29, 0.717) is 17.7 Å². The summed E-state index contributed by atoms with van der Waals surface area (Å²) in [5.41, 5.74) is 5.97. The van der Waals surface area contributed by atoms with Crippen LogP contribution in [0.4, 0.5) is 0 Å². The number of hydrogen-bond donors (Lipinski definition) is 1. The van der Waals surface area contributed by atoms with Gasteiger partial charge < -0.3 is 10.1 Å². The van der Waals surface area contributed by atoms with Gasteiger partial charge in [-0.15, -0.1) is 0 Å². The van der Waals surface area contributed by atoms with Crippen LogP contribution in [-0.2, 0) is 11.2 Å². The summed E-state index contributed by atoms with van der Waals surface area (Å²) in [6.07, 6.45) is 1.22. The average molecular weight is 457 g/mol. The Balaban J connectivity index is 1.55. The number of rotatable bonds is 7. The molecule has 4 heteroatoms. The third kappa shape index (κ3) is 4.87. The van der Waals surface area contributed by atoms with E-state index in [9.17, 15) is 9.59 Å². The number of hydrogen-bond acceptors (Lipinski definition) is 3. The van der Waals surface area contributed by atoms with Crippen molar-refractivity contribution in [3.8, 4) is 22.4 Å². The van der Waals surface area contributed by atoms with Crippen LogP contribution in [0.1, 0.15) is 15.9 Å². The van der Waals surface area contributed by atoms with Crippen LogP contribution in [0, 0.1) is 0 Å². The molecular weight excluding hydrogens is 432 g/mol. The second-order valence-corrected chi connectivity index (χ2v) is 8.39. The van der Waals surface area contributed by atoms with Gasteiger partial charge in [-0.1, -0.05) is 103 Å². The zero-order valence-corrected chi connectivity index (χ0v) is 19.1. The van der Waals surface area contributed by atoms with E-state index >= 15 is 0 Å². The number of para-hydroxylation sites is 1. The van der Waals surface area contributed by atoms with Crippen LogP contribution in [0.3, 0.4) is 0 Å². The average Bonchev–Trinajstić information content (AvgIpc) is 2.93. The van der Waals surface area contributed by atoms with Crippen molar-refractivity contribution in [2.24, 2.45) is 0 Å². The molecule has 4 nitrogen and oxygen atoms in total. The Morgan fingerprint density at radius 1 is 0.771 bits per heavy atom. The van der Waals surface area contributed by atoms with Gasteiger partial charge in [0.25, 0.3) is 5.91 Å². The molecule has 0 fully saturated rings. The number of carbonyl (C=O) groups excluding carboxylic acids is 2. The topological polar surface area (TPSA) is 59.1 Å². The van der Waals surface area contributed by atoms with E-state index in [1.165, 1.54) is 0 Å². The van der Waals surface area contributed by atoms with Gasteiger partial charge >= 0.3 is 0 Å². The Labute approximate surface area is 204 Å². The Hall–Kier alpha value is -4.57. The zero-order chi connectivity index (χ0) is 24.0. The summed E-state index contributed by atoms with van der Waals surface area (Å²) in [6.45, 7) is 0. The molecule has 1 atom stereocenters. The van der Waals surface area contributed by atoms with E-state index in [2.05, 4.69) is 23.5 Å². The van der Waals surface area contributed by atoms with Crippen molar-refractivity contribution in [2.45, 2.75) is 12.5 Å². The fourth-order valence-electron chi connectivity index (χ4n) is 4.32. The molecule has 0 spiro atoms. The summed E-state index contributed by atoms with van der Waals surface area (Å²) in [6, 6.07) is 36.6. The molecule has 4 aromatic carbocycles. The smallest absolute Gasteiger partial charge is 0.252 e. The third-order valence-electron chi connectivity index (χ3n) is 6.03. The molecule has 1 heterocycles. The van der Waals surface area contributed by atoms with Crippen LogP contribution < -0.4 is 5.32 Å². The van der Waals surface area contributed by atoms with Gasteiger partial charge in [-0.2, -0.15) is 0 Å². The predicted octanol–water partition coefficient (Wildman–Crippen LogP) is 6.11. The molecule has 5 aromatic rings. The third-order valence-corrected chi connectivity index (χ3v) is 6.03. The van der Waals surface area contributed by atoms with Gasteiger partial charge in [-0.3, -0.25) is 4.79 Å². The molecule has 1 N–H and O–H groups in total. The molecule has 0 unspecified atom stereocenters. The van der Waals surface area contributed by atoms with Crippen LogP contribution in [0.25, 0.3) is 33.3 Å². The molecule has 5 rings (SSSR count). The van der Waals surface area contributed by atoms with Gasteiger partial charge in [0.1, 0.15) is 6.29 Å². The maximum atomic E-state index is 13.5. The minimum Gasteiger partial charge on any atom is -0.342 e. The maximum absolute atomic E-state index is 13.5. The molecule has 0 bridgehead atoms. The molecule has 35 heavy (non-hydrogen) atoms. The molecule has 1 amide bonds. The normalized spacial score (nSPS) is 11.7. The fraction of sp³-hybridized carbons (Fsp3) is 0.0645. The second kappa shape index (κ2) is 10.1. The monoisotopic (exact) mass is 456 g/mol. The molecule has 0 aliphatic heterocycles. The van der Waals surface area contributed by atoms with Crippen molar-refractivity contribution in [1.82, 2.24) is 10.3 Å². The van der Waals surface area contributed by atoms with E-state index in [-0.39, 0.29) is 5.91 Å². The quantitative estimate of drug-likeness (QED) is 0.301. The van der Waals surface area contributed by atoms with E-state index in [1.54, 1.807) is 0 Å². The summed E-state index contributed by atoms with van der Waals surface area (Å²) in [4.78, 5) is 30.2. The van der Waals surface area contributed by atoms with Crippen LogP contribution in [0.15, 0.2) is 115 Å². The predicted molar refractivity (Wildman–Crippen MR) is 140 cm³/mol. The first-order valence-electron chi connectivity index (χ1n) is 11.6. The van der Waals surface area contributed by atoms with Crippen molar-refractivity contribution in [1.29, 1.82) is 0 Å². The van der Waals surface area contributed by atoms with E-state index in [0.717, 1.165) is 39.4 Å². The number of benzene rings is 4. The molecule has 0 saturated carbocycles. The van der Waals surface area contributed by atoms with Crippen molar-refractivity contribution >= 4 is 23.1 Å². The fourth-order valence-corrected chi connectivity index (χ4v) is 4.32. The Morgan fingerprint density at radius 2 is 1.40 bits per heavy atom. The van der Waals surface area contributed by atoms with Gasteiger partial charge in [-0.05, 0) is 35.2 Å². The Kier molecular flexibility index (Phi) is 6.44. The molecule has 170 valence electrons. The SMILES string of the molecule is O=C[C@H](Cc1ccccc1)NC(=O)c1cc(-c2ccccc2-c2ccccc2)nc2ccccc12. The maximum Gasteiger partial charge on any atom is 0.252 e. The summed E-state index contributed by atoms with van der Waals surface area (Å²) in [5.74, 6) is -0.296. The van der Waals surface area contributed by atoms with Gasteiger partial charge in [0.2, 0.25) is 0 Å². The number of pyridine rings is 1. The van der Waals surface area contributed by atoms with Crippen molar-refractivity contribution < 1.29 is 9.59 Å². The zero-order valence-electron chi connectivity index (χ0n) is 19.1. The molecule has 0 saturated heterocycles. The first-order chi connectivity index (χ1) is 17.2. The summed E-state index contributed by atoms with van der Waals surface area (Å²) < 4.78 is 0. The minimum absolute atomic E-state index is 0.296. The van der Waals surface area contributed by atoms with E-state index in [1.807, 2.05) is 97.1 Å². The number of amides is 1. The number of aromatic nitrogens is 1. The number of carbonyl (C=O) groups is 2. The molecule has 0 aliphatic rings. The highest BCUT2D eigenvalue weighted by Crippen LogP contribution is 2.33. The van der Waals surface area contributed by atoms with Crippen molar-refractivity contribution in [3.05, 3.63) is 126 Å². The van der Waals surface area contributed by atoms with Crippen molar-refractivity contribution in [3.63, 3.8) is 0 Å². The standard InChI is InChI=1S/C31H24N2O2/c34-21-24(19-22-11-3-1-4-12-22)32-31(35)28-20-30(33-29-18-10-9-17-27(28)29)26-16-8-7-15-25(26)23-13-5-2-6-14-23/h1-18,20-21,24H,19H2,(H,32,35)/t24-/m0/s1. The first-order valence-corrected chi connectivity index (χ1v) is 11.6. The largest absolute Gasteiger partial charge is 0.342 e. The summed E-state index contributed by atoms with van der Waals surface area (Å²) in [5, 5.41) is 3.66. The second-order valence-electron chi connectivity index (χ2n) is 8.39. The first kappa shape index (κ1) is 22.2. The lowest BCUT2D eigenvalue weighted by Crippen LogP contribution is -2.37. The molecular formula is C31H24N2O2.